The van der Waals surface area contributed by atoms with E-state index in [4.69, 9.17) is 21.4 Å². The van der Waals surface area contributed by atoms with Gasteiger partial charge in [-0.2, -0.15) is 0 Å². The molecule has 0 spiro atoms. The Morgan fingerprint density at radius 2 is 2.24 bits per heavy atom. The average Bonchev–Trinajstić information content (AvgIpc) is 2.28. The molecule has 0 amide bonds. The van der Waals surface area contributed by atoms with Gasteiger partial charge in [-0.3, -0.25) is 0 Å². The van der Waals surface area contributed by atoms with E-state index in [2.05, 4.69) is 0 Å². The van der Waals surface area contributed by atoms with Gasteiger partial charge in [-0.05, 0) is 19.1 Å². The Labute approximate surface area is 106 Å². The Balaban J connectivity index is 3.15. The Morgan fingerprint density at radius 3 is 2.76 bits per heavy atom. The van der Waals surface area contributed by atoms with Crippen molar-refractivity contribution in [1.29, 1.82) is 0 Å². The van der Waals surface area contributed by atoms with Crippen molar-refractivity contribution in [3.63, 3.8) is 0 Å². The number of anilines is 1. The van der Waals surface area contributed by atoms with Crippen LogP contribution < -0.4 is 4.90 Å². The van der Waals surface area contributed by atoms with Gasteiger partial charge in [-0.25, -0.2) is 4.79 Å². The number of nitrogens with zero attached hydrogens (tertiary/aromatic N) is 1. The zero-order valence-corrected chi connectivity index (χ0v) is 10.9. The van der Waals surface area contributed by atoms with Gasteiger partial charge in [0.25, 0.3) is 0 Å². The number of carboxylic acid groups (broad SMARTS) is 1. The SMILES string of the molecule is COCC(C)N(C)c1c(Cl)cccc1C(=O)O. The molecule has 0 fully saturated rings. The third-order valence-corrected chi connectivity index (χ3v) is 2.94. The highest BCUT2D eigenvalue weighted by atomic mass is 35.5. The molecule has 0 saturated heterocycles. The van der Waals surface area contributed by atoms with Crippen molar-refractivity contribution in [3.8, 4) is 0 Å². The molecule has 0 saturated carbocycles. The normalized spacial score (nSPS) is 12.2. The van der Waals surface area contributed by atoms with Crippen molar-refractivity contribution in [3.05, 3.63) is 28.8 Å². The number of hydrogen-bond acceptors (Lipinski definition) is 3. The van der Waals surface area contributed by atoms with Gasteiger partial charge in [0.2, 0.25) is 0 Å². The lowest BCUT2D eigenvalue weighted by Gasteiger charge is -2.28. The van der Waals surface area contributed by atoms with Crippen molar-refractivity contribution < 1.29 is 14.6 Å². The summed E-state index contributed by atoms with van der Waals surface area (Å²) in [4.78, 5) is 13.0. The van der Waals surface area contributed by atoms with Gasteiger partial charge in [-0.15, -0.1) is 0 Å². The lowest BCUT2D eigenvalue weighted by molar-refractivity contribution is 0.0697. The maximum absolute atomic E-state index is 11.1. The van der Waals surface area contributed by atoms with E-state index in [1.165, 1.54) is 0 Å². The first-order chi connectivity index (χ1) is 7.99. The van der Waals surface area contributed by atoms with E-state index in [-0.39, 0.29) is 11.6 Å². The predicted molar refractivity (Wildman–Crippen MR) is 68.2 cm³/mol. The van der Waals surface area contributed by atoms with Crippen LogP contribution in [0.1, 0.15) is 17.3 Å². The number of para-hydroxylation sites is 1. The first-order valence-electron chi connectivity index (χ1n) is 5.22. The second-order valence-corrected chi connectivity index (χ2v) is 4.26. The van der Waals surface area contributed by atoms with E-state index in [1.54, 1.807) is 32.4 Å². The number of methoxy groups -OCH3 is 1. The summed E-state index contributed by atoms with van der Waals surface area (Å²) in [5.41, 5.74) is 0.717. The minimum Gasteiger partial charge on any atom is -0.478 e. The van der Waals surface area contributed by atoms with Gasteiger partial charge in [-0.1, -0.05) is 17.7 Å². The summed E-state index contributed by atoms with van der Waals surface area (Å²) in [6.07, 6.45) is 0. The molecular formula is C12H16ClNO3. The molecule has 1 aromatic carbocycles. The molecule has 0 aliphatic heterocycles. The number of hydrogen-bond donors (Lipinski definition) is 1. The fourth-order valence-corrected chi connectivity index (χ4v) is 1.93. The van der Waals surface area contributed by atoms with Crippen molar-refractivity contribution in [2.45, 2.75) is 13.0 Å². The van der Waals surface area contributed by atoms with Gasteiger partial charge in [0.15, 0.2) is 0 Å². The van der Waals surface area contributed by atoms with Gasteiger partial charge in [0.05, 0.1) is 22.9 Å². The van der Waals surface area contributed by atoms with Crippen molar-refractivity contribution in [1.82, 2.24) is 0 Å². The van der Waals surface area contributed by atoms with Crippen LogP contribution in [-0.4, -0.2) is 37.9 Å². The number of aromatic carboxylic acids is 1. The quantitative estimate of drug-likeness (QED) is 0.881. The molecule has 1 atom stereocenters. The molecular weight excluding hydrogens is 242 g/mol. The maximum atomic E-state index is 11.1. The monoisotopic (exact) mass is 257 g/mol. The van der Waals surface area contributed by atoms with Crippen molar-refractivity contribution >= 4 is 23.3 Å². The fourth-order valence-electron chi connectivity index (χ4n) is 1.62. The lowest BCUT2D eigenvalue weighted by atomic mass is 10.1. The molecule has 1 rings (SSSR count). The van der Waals surface area contributed by atoms with E-state index < -0.39 is 5.97 Å². The van der Waals surface area contributed by atoms with Crippen LogP contribution in [0.15, 0.2) is 18.2 Å². The van der Waals surface area contributed by atoms with Crippen LogP contribution in [-0.2, 0) is 4.74 Å². The van der Waals surface area contributed by atoms with Crippen LogP contribution in [0.3, 0.4) is 0 Å². The second kappa shape index (κ2) is 5.89. The number of carboxylic acids is 1. The highest BCUT2D eigenvalue weighted by molar-refractivity contribution is 6.34. The number of halogens is 1. The predicted octanol–water partition coefficient (Wildman–Crippen LogP) is 2.51. The molecule has 0 bridgehead atoms. The number of carbonyl (C=O) groups is 1. The van der Waals surface area contributed by atoms with Crippen LogP contribution in [0, 0.1) is 0 Å². The summed E-state index contributed by atoms with van der Waals surface area (Å²) in [7, 11) is 3.41. The van der Waals surface area contributed by atoms with Gasteiger partial charge >= 0.3 is 5.97 Å². The molecule has 0 heterocycles. The zero-order chi connectivity index (χ0) is 13.0. The third kappa shape index (κ3) is 3.11. The van der Waals surface area contributed by atoms with Crippen LogP contribution in [0.25, 0.3) is 0 Å². The van der Waals surface area contributed by atoms with E-state index in [9.17, 15) is 4.79 Å². The number of rotatable bonds is 5. The summed E-state index contributed by atoms with van der Waals surface area (Å²) < 4.78 is 5.05. The highest BCUT2D eigenvalue weighted by Crippen LogP contribution is 2.30. The van der Waals surface area contributed by atoms with Crippen molar-refractivity contribution in [2.75, 3.05) is 25.7 Å². The summed E-state index contributed by atoms with van der Waals surface area (Å²) in [5.74, 6) is -0.987. The number of benzene rings is 1. The van der Waals surface area contributed by atoms with Crippen LogP contribution in [0.2, 0.25) is 5.02 Å². The van der Waals surface area contributed by atoms with Gasteiger partial charge in [0, 0.05) is 20.2 Å². The van der Waals surface area contributed by atoms with E-state index >= 15 is 0 Å². The van der Waals surface area contributed by atoms with E-state index in [0.717, 1.165) is 0 Å². The van der Waals surface area contributed by atoms with Crippen molar-refractivity contribution in [2.24, 2.45) is 0 Å². The Hall–Kier alpha value is -1.26. The largest absolute Gasteiger partial charge is 0.478 e. The van der Waals surface area contributed by atoms with Crippen LogP contribution in [0.5, 0.6) is 0 Å². The third-order valence-electron chi connectivity index (χ3n) is 2.64. The lowest BCUT2D eigenvalue weighted by Crippen LogP contribution is -2.33. The minimum atomic E-state index is -0.987. The Morgan fingerprint density at radius 1 is 1.59 bits per heavy atom. The number of ether oxygens (including phenoxy) is 1. The second-order valence-electron chi connectivity index (χ2n) is 3.86. The molecule has 17 heavy (non-hydrogen) atoms. The summed E-state index contributed by atoms with van der Waals surface area (Å²) in [6, 6.07) is 4.89. The molecule has 0 aromatic heterocycles. The Bertz CT molecular complexity index is 409. The molecule has 4 nitrogen and oxygen atoms in total. The standard InChI is InChI=1S/C12H16ClNO3/c1-8(7-17-3)14(2)11-9(12(15)16)5-4-6-10(11)13/h4-6,8H,7H2,1-3H3,(H,15,16). The first-order valence-corrected chi connectivity index (χ1v) is 5.60. The van der Waals surface area contributed by atoms with Gasteiger partial charge < -0.3 is 14.7 Å². The molecule has 0 radical (unpaired) electrons. The van der Waals surface area contributed by atoms with Gasteiger partial charge in [0.1, 0.15) is 0 Å². The molecule has 1 aromatic rings. The first kappa shape index (κ1) is 13.8. The maximum Gasteiger partial charge on any atom is 0.337 e. The summed E-state index contributed by atoms with van der Waals surface area (Å²) in [6.45, 7) is 2.44. The summed E-state index contributed by atoms with van der Waals surface area (Å²) >= 11 is 6.07. The van der Waals surface area contributed by atoms with E-state index in [1.807, 2.05) is 11.8 Å². The molecule has 1 N–H and O–H groups in total. The topological polar surface area (TPSA) is 49.8 Å². The smallest absolute Gasteiger partial charge is 0.337 e. The molecule has 0 aliphatic carbocycles. The highest BCUT2D eigenvalue weighted by Gasteiger charge is 2.20. The number of likely N-dealkylation sites (N-methyl/N-ethyl adjacent to an activating group) is 1. The summed E-state index contributed by atoms with van der Waals surface area (Å²) in [5, 5.41) is 9.56. The van der Waals surface area contributed by atoms with Crippen LogP contribution >= 0.6 is 11.6 Å². The molecule has 5 heteroatoms. The fraction of sp³-hybridized carbons (Fsp3) is 0.417. The van der Waals surface area contributed by atoms with E-state index in [0.29, 0.717) is 17.3 Å². The Kier molecular flexibility index (Phi) is 4.78. The molecule has 1 unspecified atom stereocenters. The minimum absolute atomic E-state index is 0.0398. The van der Waals surface area contributed by atoms with Crippen LogP contribution in [0.4, 0.5) is 5.69 Å². The molecule has 0 aliphatic rings. The zero-order valence-electron chi connectivity index (χ0n) is 10.1. The molecule has 94 valence electrons. The average molecular weight is 258 g/mol.